The van der Waals surface area contributed by atoms with Crippen molar-refractivity contribution in [2.45, 2.75) is 26.7 Å². The Hall–Kier alpha value is -1.28. The van der Waals surface area contributed by atoms with Crippen molar-refractivity contribution in [3.63, 3.8) is 0 Å². The molecule has 0 radical (unpaired) electrons. The standard InChI is InChI=1S/2C11H9.C3H6.2ClH.Hf/c2*1-2-6-10(7-3-1)11-8-4-5-9-11;1-3-2;;;/h2*1-3,6-9H,4H2;1-2H3;2*1H;/q;;;;;+2/p-2. The van der Waals surface area contributed by atoms with E-state index in [9.17, 15) is 0 Å². The zero-order valence-corrected chi connectivity index (χ0v) is 21.4. The summed E-state index contributed by atoms with van der Waals surface area (Å²) in [6.45, 7) is 4.73. The summed E-state index contributed by atoms with van der Waals surface area (Å²) in [5.74, 6) is 0. The Morgan fingerprint density at radius 1 is 0.643 bits per heavy atom. The van der Waals surface area contributed by atoms with Crippen LogP contribution in [0.4, 0.5) is 0 Å². The van der Waals surface area contributed by atoms with E-state index in [1.807, 2.05) is 0 Å². The zero-order chi connectivity index (χ0) is 17.9. The van der Waals surface area contributed by atoms with Gasteiger partial charge in [-0.15, -0.1) is 0 Å². The van der Waals surface area contributed by atoms with Crippen molar-refractivity contribution in [2.24, 2.45) is 0 Å². The van der Waals surface area contributed by atoms with Crippen LogP contribution in [-0.4, -0.2) is 3.26 Å². The van der Waals surface area contributed by atoms with Crippen molar-refractivity contribution in [1.29, 1.82) is 0 Å². The van der Waals surface area contributed by atoms with Crippen LogP contribution in [-0.2, 0) is 21.0 Å². The van der Waals surface area contributed by atoms with Gasteiger partial charge in [-0.05, 0) is 0 Å². The molecule has 2 aromatic carbocycles. The molecule has 2 aromatic rings. The first-order valence-corrected chi connectivity index (χ1v) is 14.7. The molecule has 0 aliphatic heterocycles. The van der Waals surface area contributed by atoms with Gasteiger partial charge >= 0.3 is 165 Å². The molecule has 4 rings (SSSR count). The monoisotopic (exact) mass is 574 g/mol. The van der Waals surface area contributed by atoms with Crippen molar-refractivity contribution < 1.29 is 45.8 Å². The third kappa shape index (κ3) is 5.00. The fraction of sp³-hybridized carbons (Fsp3) is 0.160. The van der Waals surface area contributed by atoms with Gasteiger partial charge in [0.2, 0.25) is 0 Å². The van der Waals surface area contributed by atoms with Gasteiger partial charge < -0.3 is 24.8 Å². The van der Waals surface area contributed by atoms with Gasteiger partial charge in [-0.3, -0.25) is 0 Å². The molecule has 0 bridgehead atoms. The summed E-state index contributed by atoms with van der Waals surface area (Å²) in [7, 11) is 0. The Morgan fingerprint density at radius 3 is 1.39 bits per heavy atom. The average Bonchev–Trinajstić information content (AvgIpc) is 3.34. The Kier molecular flexibility index (Phi) is 8.61. The van der Waals surface area contributed by atoms with Crippen molar-refractivity contribution >= 4 is 14.4 Å². The molecule has 0 atom stereocenters. The number of hydrogen-bond donors (Lipinski definition) is 0. The molecule has 0 N–H and O–H groups in total. The summed E-state index contributed by atoms with van der Waals surface area (Å²) in [6.07, 6.45) is 12.2. The summed E-state index contributed by atoms with van der Waals surface area (Å²) in [5.41, 5.74) is 5.54. The fourth-order valence-corrected chi connectivity index (χ4v) is 14.4. The maximum Gasteiger partial charge on any atom is -1.00 e. The Balaban J connectivity index is 0.00000140. The number of hydrogen-bond acceptors (Lipinski definition) is 0. The zero-order valence-electron chi connectivity index (χ0n) is 16.3. The summed E-state index contributed by atoms with van der Waals surface area (Å²) < 4.78 is 5.17. The maximum atomic E-state index is 2.51. The first-order chi connectivity index (χ1) is 12.7. The molecule has 0 spiro atoms. The normalized spacial score (nSPS) is 14.5. The molecule has 0 amide bonds. The quantitative estimate of drug-likeness (QED) is 0.470. The minimum absolute atomic E-state index is 0. The molecule has 142 valence electrons. The summed E-state index contributed by atoms with van der Waals surface area (Å²) in [4.78, 5) is 0. The van der Waals surface area contributed by atoms with Gasteiger partial charge in [0.15, 0.2) is 0 Å². The maximum absolute atomic E-state index is 2.51. The topological polar surface area (TPSA) is 0 Å². The molecule has 0 fully saturated rings. The molecule has 0 saturated carbocycles. The summed E-state index contributed by atoms with van der Waals surface area (Å²) >= 11 is -2.08. The molecule has 0 unspecified atom stereocenters. The van der Waals surface area contributed by atoms with Gasteiger partial charge in [0, 0.05) is 0 Å². The SMILES string of the molecule is C[C](C)=[Hf+2]([C]1=CC(c2ccccc2)=CC1)[C]1=CC(c2ccccc2)=CC1.[Cl-].[Cl-]. The van der Waals surface area contributed by atoms with Crippen molar-refractivity contribution in [3.05, 3.63) is 103 Å². The molecule has 2 aliphatic carbocycles. The number of rotatable bonds is 4. The molecule has 3 heteroatoms. The minimum Gasteiger partial charge on any atom is -1.00 e. The smallest absolute Gasteiger partial charge is 1.00 e. The van der Waals surface area contributed by atoms with E-state index in [1.165, 1.54) is 22.3 Å². The average molecular weight is 574 g/mol. The minimum atomic E-state index is -2.08. The molecular weight excluding hydrogens is 550 g/mol. The first kappa shape index (κ1) is 23.0. The van der Waals surface area contributed by atoms with Crippen LogP contribution in [0.25, 0.3) is 11.1 Å². The second-order valence-electron chi connectivity index (χ2n) is 7.17. The molecule has 28 heavy (non-hydrogen) atoms. The molecule has 0 nitrogen and oxygen atoms in total. The van der Waals surface area contributed by atoms with E-state index in [1.54, 1.807) is 9.91 Å². The van der Waals surface area contributed by atoms with Crippen LogP contribution in [0.1, 0.15) is 37.8 Å². The van der Waals surface area contributed by atoms with Crippen LogP contribution < -0.4 is 24.8 Å². The van der Waals surface area contributed by atoms with Crippen LogP contribution >= 0.6 is 0 Å². The van der Waals surface area contributed by atoms with Gasteiger partial charge in [0.25, 0.3) is 0 Å². The molecule has 2 aliphatic rings. The number of halogens is 2. The third-order valence-corrected chi connectivity index (χ3v) is 15.8. The van der Waals surface area contributed by atoms with Crippen molar-refractivity contribution in [2.75, 3.05) is 0 Å². The van der Waals surface area contributed by atoms with Gasteiger partial charge in [-0.2, -0.15) is 0 Å². The predicted molar refractivity (Wildman–Crippen MR) is 111 cm³/mol. The molecule has 0 heterocycles. The second kappa shape index (κ2) is 10.5. The van der Waals surface area contributed by atoms with Crippen molar-refractivity contribution in [3.8, 4) is 0 Å². The van der Waals surface area contributed by atoms with Gasteiger partial charge in [-0.25, -0.2) is 0 Å². The van der Waals surface area contributed by atoms with Crippen LogP contribution in [0.15, 0.2) is 91.6 Å². The van der Waals surface area contributed by atoms with Crippen molar-refractivity contribution in [1.82, 2.24) is 0 Å². The molecule has 0 aromatic heterocycles. The van der Waals surface area contributed by atoms with E-state index < -0.39 is 21.0 Å². The van der Waals surface area contributed by atoms with E-state index in [0.29, 0.717) is 0 Å². The van der Waals surface area contributed by atoms with E-state index in [0.717, 1.165) is 12.8 Å². The van der Waals surface area contributed by atoms with Crippen LogP contribution in [0.2, 0.25) is 0 Å². The van der Waals surface area contributed by atoms with Crippen LogP contribution in [0.3, 0.4) is 0 Å². The van der Waals surface area contributed by atoms with Crippen LogP contribution in [0.5, 0.6) is 0 Å². The van der Waals surface area contributed by atoms with E-state index in [4.69, 9.17) is 0 Å². The van der Waals surface area contributed by atoms with E-state index in [2.05, 4.69) is 98.8 Å². The van der Waals surface area contributed by atoms with Gasteiger partial charge in [-0.1, -0.05) is 0 Å². The predicted octanol–water partition coefficient (Wildman–Crippen LogP) is 0.567. The second-order valence-corrected chi connectivity index (χ2v) is 18.1. The molecular formula is C25H24Cl2Hf. The first-order valence-electron chi connectivity index (χ1n) is 9.33. The fourth-order valence-electron chi connectivity index (χ4n) is 3.91. The molecule has 0 saturated heterocycles. The summed E-state index contributed by atoms with van der Waals surface area (Å²) in [6, 6.07) is 21.6. The van der Waals surface area contributed by atoms with Gasteiger partial charge in [0.1, 0.15) is 0 Å². The number of allylic oxidation sites excluding steroid dienone is 8. The Bertz CT molecular complexity index is 898. The number of benzene rings is 2. The van der Waals surface area contributed by atoms with Crippen LogP contribution in [0, 0.1) is 0 Å². The van der Waals surface area contributed by atoms with E-state index in [-0.39, 0.29) is 24.8 Å². The third-order valence-electron chi connectivity index (χ3n) is 5.10. The van der Waals surface area contributed by atoms with Gasteiger partial charge in [0.05, 0.1) is 0 Å². The summed E-state index contributed by atoms with van der Waals surface area (Å²) in [5, 5.41) is 0. The largest absolute Gasteiger partial charge is 1.00 e. The Morgan fingerprint density at radius 2 is 1.04 bits per heavy atom. The van der Waals surface area contributed by atoms with E-state index >= 15 is 0 Å². The Labute approximate surface area is 188 Å².